The molecule has 0 aromatic carbocycles. The van der Waals surface area contributed by atoms with Gasteiger partial charge in [0.25, 0.3) is 0 Å². The molecule has 2 N–H and O–H groups in total. The Balaban J connectivity index is 1.80. The molecule has 1 rings (SSSR count). The molecule has 0 radical (unpaired) electrons. The van der Waals surface area contributed by atoms with Gasteiger partial charge in [-0.25, -0.2) is 4.79 Å². The van der Waals surface area contributed by atoms with Gasteiger partial charge in [0, 0.05) is 6.54 Å². The van der Waals surface area contributed by atoms with Crippen molar-refractivity contribution in [2.45, 2.75) is 19.3 Å². The van der Waals surface area contributed by atoms with Crippen molar-refractivity contribution in [2.24, 2.45) is 5.92 Å². The van der Waals surface area contributed by atoms with E-state index < -0.39 is 0 Å². The minimum absolute atomic E-state index is 0.328. The molecule has 1 saturated heterocycles. The van der Waals surface area contributed by atoms with Gasteiger partial charge in [0.2, 0.25) is 0 Å². The number of rotatable bonds is 5. The summed E-state index contributed by atoms with van der Waals surface area (Å²) >= 11 is 0. The first kappa shape index (κ1) is 10.3. The zero-order valence-electron chi connectivity index (χ0n) is 8.14. The second-order valence-corrected chi connectivity index (χ2v) is 3.44. The Morgan fingerprint density at radius 2 is 2.31 bits per heavy atom. The van der Waals surface area contributed by atoms with Gasteiger partial charge < -0.3 is 15.4 Å². The van der Waals surface area contributed by atoms with Crippen molar-refractivity contribution in [3.05, 3.63) is 0 Å². The SMILES string of the molecule is COC(=O)NCCCCC1CNC1. The van der Waals surface area contributed by atoms with Crippen LogP contribution in [0.5, 0.6) is 0 Å². The van der Waals surface area contributed by atoms with Crippen LogP contribution < -0.4 is 10.6 Å². The smallest absolute Gasteiger partial charge is 0.406 e. The number of carbonyl (C=O) groups is 1. The summed E-state index contributed by atoms with van der Waals surface area (Å²) in [7, 11) is 1.38. The molecule has 0 aliphatic carbocycles. The van der Waals surface area contributed by atoms with Crippen molar-refractivity contribution in [1.29, 1.82) is 0 Å². The number of ether oxygens (including phenoxy) is 1. The quantitative estimate of drug-likeness (QED) is 0.622. The molecule has 0 atom stereocenters. The number of amides is 1. The third-order valence-corrected chi connectivity index (χ3v) is 2.36. The summed E-state index contributed by atoms with van der Waals surface area (Å²) in [6, 6.07) is 0. The fourth-order valence-corrected chi connectivity index (χ4v) is 1.37. The minimum atomic E-state index is -0.328. The van der Waals surface area contributed by atoms with Crippen molar-refractivity contribution in [2.75, 3.05) is 26.7 Å². The Kier molecular flexibility index (Phi) is 4.60. The van der Waals surface area contributed by atoms with Gasteiger partial charge in [0.05, 0.1) is 7.11 Å². The maximum absolute atomic E-state index is 10.6. The van der Waals surface area contributed by atoms with Crippen LogP contribution in [0.1, 0.15) is 19.3 Å². The van der Waals surface area contributed by atoms with Crippen LogP contribution in [0.2, 0.25) is 0 Å². The van der Waals surface area contributed by atoms with E-state index in [1.807, 2.05) is 0 Å². The monoisotopic (exact) mass is 186 g/mol. The van der Waals surface area contributed by atoms with Crippen molar-refractivity contribution in [3.63, 3.8) is 0 Å². The Morgan fingerprint density at radius 3 is 2.85 bits per heavy atom. The highest BCUT2D eigenvalue weighted by molar-refractivity contribution is 5.66. The molecule has 0 spiro atoms. The molecule has 0 unspecified atom stereocenters. The minimum Gasteiger partial charge on any atom is -0.453 e. The van der Waals surface area contributed by atoms with Gasteiger partial charge in [-0.15, -0.1) is 0 Å². The fraction of sp³-hybridized carbons (Fsp3) is 0.889. The molecule has 76 valence electrons. The summed E-state index contributed by atoms with van der Waals surface area (Å²) in [6.45, 7) is 3.07. The molecule has 0 aromatic heterocycles. The summed E-state index contributed by atoms with van der Waals surface area (Å²) in [4.78, 5) is 10.6. The number of methoxy groups -OCH3 is 1. The van der Waals surface area contributed by atoms with Crippen LogP contribution in [-0.2, 0) is 4.74 Å². The van der Waals surface area contributed by atoms with Crippen molar-refractivity contribution in [1.82, 2.24) is 10.6 Å². The fourth-order valence-electron chi connectivity index (χ4n) is 1.37. The maximum atomic E-state index is 10.6. The predicted octanol–water partition coefficient (Wildman–Crippen LogP) is 0.732. The van der Waals surface area contributed by atoms with E-state index in [-0.39, 0.29) is 6.09 Å². The predicted molar refractivity (Wildman–Crippen MR) is 50.6 cm³/mol. The summed E-state index contributed by atoms with van der Waals surface area (Å²) in [5.74, 6) is 0.873. The first-order valence-electron chi connectivity index (χ1n) is 4.85. The Hall–Kier alpha value is -0.770. The molecular weight excluding hydrogens is 168 g/mol. The second-order valence-electron chi connectivity index (χ2n) is 3.44. The van der Waals surface area contributed by atoms with Crippen LogP contribution in [-0.4, -0.2) is 32.8 Å². The van der Waals surface area contributed by atoms with E-state index in [0.29, 0.717) is 0 Å². The lowest BCUT2D eigenvalue weighted by Gasteiger charge is -2.26. The van der Waals surface area contributed by atoms with E-state index >= 15 is 0 Å². The van der Waals surface area contributed by atoms with Crippen LogP contribution >= 0.6 is 0 Å². The van der Waals surface area contributed by atoms with E-state index in [1.54, 1.807) is 0 Å². The average molecular weight is 186 g/mol. The van der Waals surface area contributed by atoms with Gasteiger partial charge >= 0.3 is 6.09 Å². The third-order valence-electron chi connectivity index (χ3n) is 2.36. The highest BCUT2D eigenvalue weighted by Crippen LogP contribution is 2.11. The molecule has 0 aromatic rings. The molecule has 1 aliphatic heterocycles. The molecule has 0 saturated carbocycles. The first-order chi connectivity index (χ1) is 6.33. The molecule has 1 amide bonds. The number of hydrogen-bond acceptors (Lipinski definition) is 3. The third kappa shape index (κ3) is 4.12. The Labute approximate surface area is 79.0 Å². The van der Waals surface area contributed by atoms with Crippen LogP contribution in [0.25, 0.3) is 0 Å². The zero-order chi connectivity index (χ0) is 9.52. The van der Waals surface area contributed by atoms with E-state index in [4.69, 9.17) is 0 Å². The van der Waals surface area contributed by atoms with Crippen molar-refractivity contribution < 1.29 is 9.53 Å². The first-order valence-corrected chi connectivity index (χ1v) is 4.85. The van der Waals surface area contributed by atoms with E-state index in [1.165, 1.54) is 33.0 Å². The van der Waals surface area contributed by atoms with Gasteiger partial charge in [0.1, 0.15) is 0 Å². The van der Waals surface area contributed by atoms with Gasteiger partial charge in [-0.3, -0.25) is 0 Å². The number of nitrogens with one attached hydrogen (secondary N) is 2. The number of carbonyl (C=O) groups excluding carboxylic acids is 1. The second kappa shape index (κ2) is 5.80. The summed E-state index contributed by atoms with van der Waals surface area (Å²) < 4.78 is 4.45. The molecule has 1 fully saturated rings. The number of hydrogen-bond donors (Lipinski definition) is 2. The molecule has 1 aliphatic rings. The summed E-state index contributed by atoms with van der Waals surface area (Å²) in [5.41, 5.74) is 0. The molecular formula is C9H18N2O2. The average Bonchev–Trinajstić information content (AvgIpc) is 2.07. The lowest BCUT2D eigenvalue weighted by molar-refractivity contribution is 0.170. The van der Waals surface area contributed by atoms with Gasteiger partial charge in [-0.2, -0.15) is 0 Å². The number of alkyl carbamates (subject to hydrolysis) is 1. The van der Waals surface area contributed by atoms with Crippen LogP contribution in [0.4, 0.5) is 4.79 Å². The summed E-state index contributed by atoms with van der Waals surface area (Å²) in [5, 5.41) is 5.91. The normalized spacial score (nSPS) is 16.4. The molecule has 4 nitrogen and oxygen atoms in total. The Morgan fingerprint density at radius 1 is 1.54 bits per heavy atom. The molecule has 0 bridgehead atoms. The highest BCUT2D eigenvalue weighted by atomic mass is 16.5. The van der Waals surface area contributed by atoms with E-state index in [9.17, 15) is 4.79 Å². The van der Waals surface area contributed by atoms with Crippen molar-refractivity contribution >= 4 is 6.09 Å². The lowest BCUT2D eigenvalue weighted by Crippen LogP contribution is -2.41. The van der Waals surface area contributed by atoms with E-state index in [2.05, 4.69) is 15.4 Å². The van der Waals surface area contributed by atoms with Gasteiger partial charge in [0.15, 0.2) is 0 Å². The van der Waals surface area contributed by atoms with Crippen LogP contribution in [0.3, 0.4) is 0 Å². The Bertz CT molecular complexity index is 158. The standard InChI is InChI=1S/C9H18N2O2/c1-13-9(12)11-5-3-2-4-8-6-10-7-8/h8,10H,2-7H2,1H3,(H,11,12). The zero-order valence-corrected chi connectivity index (χ0v) is 8.14. The van der Waals surface area contributed by atoms with Crippen LogP contribution in [0, 0.1) is 5.92 Å². The van der Waals surface area contributed by atoms with Crippen molar-refractivity contribution in [3.8, 4) is 0 Å². The highest BCUT2D eigenvalue weighted by Gasteiger charge is 2.15. The molecule has 1 heterocycles. The molecule has 4 heteroatoms. The van der Waals surface area contributed by atoms with Gasteiger partial charge in [-0.1, -0.05) is 6.42 Å². The topological polar surface area (TPSA) is 50.4 Å². The lowest BCUT2D eigenvalue weighted by atomic mass is 9.97. The maximum Gasteiger partial charge on any atom is 0.406 e. The number of unbranched alkanes of at least 4 members (excludes halogenated alkanes) is 1. The van der Waals surface area contributed by atoms with Crippen LogP contribution in [0.15, 0.2) is 0 Å². The largest absolute Gasteiger partial charge is 0.453 e. The van der Waals surface area contributed by atoms with E-state index in [0.717, 1.165) is 18.9 Å². The summed E-state index contributed by atoms with van der Waals surface area (Å²) in [6.07, 6.45) is 3.18. The molecule has 13 heavy (non-hydrogen) atoms. The van der Waals surface area contributed by atoms with Gasteiger partial charge in [-0.05, 0) is 31.8 Å².